The lowest BCUT2D eigenvalue weighted by Gasteiger charge is -1.99. The number of rotatable bonds is 4. The fourth-order valence-corrected chi connectivity index (χ4v) is 1.74. The van der Waals surface area contributed by atoms with Crippen molar-refractivity contribution >= 4 is 5.97 Å². The number of carboxylic acid groups (broad SMARTS) is 1. The van der Waals surface area contributed by atoms with Crippen LogP contribution in [0, 0.1) is 0 Å². The summed E-state index contributed by atoms with van der Waals surface area (Å²) in [6, 6.07) is 9.85. The molecule has 0 radical (unpaired) electrons. The highest BCUT2D eigenvalue weighted by molar-refractivity contribution is 5.67. The van der Waals surface area contributed by atoms with Gasteiger partial charge in [0.25, 0.3) is 0 Å². The van der Waals surface area contributed by atoms with E-state index in [-0.39, 0.29) is 6.42 Å². The summed E-state index contributed by atoms with van der Waals surface area (Å²) in [5.74, 6) is 0.0721. The van der Waals surface area contributed by atoms with Crippen LogP contribution in [0.15, 0.2) is 36.5 Å². The largest absolute Gasteiger partial charge is 0.481 e. The number of carbonyl (C=O) groups is 1. The van der Waals surface area contributed by atoms with Gasteiger partial charge in [-0.15, -0.1) is 0 Å². The van der Waals surface area contributed by atoms with Crippen molar-refractivity contribution in [2.45, 2.75) is 12.8 Å². The van der Waals surface area contributed by atoms with Gasteiger partial charge in [-0.05, 0) is 0 Å². The molecule has 1 aromatic carbocycles. The Hall–Kier alpha value is -2.10. The second kappa shape index (κ2) is 4.82. The third-order valence-corrected chi connectivity index (χ3v) is 2.55. The molecule has 0 spiro atoms. The minimum Gasteiger partial charge on any atom is -0.481 e. The molecule has 0 atom stereocenters. The third-order valence-electron chi connectivity index (χ3n) is 2.55. The van der Waals surface area contributed by atoms with Gasteiger partial charge in [0.15, 0.2) is 0 Å². The zero-order valence-corrected chi connectivity index (χ0v) is 9.63. The first-order valence-electron chi connectivity index (χ1n) is 5.46. The average Bonchev–Trinajstić information content (AvgIpc) is 2.69. The van der Waals surface area contributed by atoms with E-state index in [0.29, 0.717) is 6.42 Å². The molecule has 1 heterocycles. The molecule has 2 aromatic rings. The lowest BCUT2D eigenvalue weighted by atomic mass is 10.2. The molecule has 0 saturated heterocycles. The summed E-state index contributed by atoms with van der Waals surface area (Å²) >= 11 is 0. The van der Waals surface area contributed by atoms with Crippen LogP contribution in [0.3, 0.4) is 0 Å². The van der Waals surface area contributed by atoms with E-state index in [0.717, 1.165) is 17.1 Å². The first-order chi connectivity index (χ1) is 8.16. The Morgan fingerprint density at radius 2 is 2.06 bits per heavy atom. The molecule has 0 aliphatic rings. The molecule has 0 bridgehead atoms. The number of aliphatic carboxylic acids is 1. The second-order valence-electron chi connectivity index (χ2n) is 3.93. The zero-order chi connectivity index (χ0) is 12.3. The van der Waals surface area contributed by atoms with Crippen molar-refractivity contribution in [1.29, 1.82) is 0 Å². The van der Waals surface area contributed by atoms with Crippen LogP contribution in [0.5, 0.6) is 0 Å². The fourth-order valence-electron chi connectivity index (χ4n) is 1.74. The molecule has 88 valence electrons. The highest BCUT2D eigenvalue weighted by Crippen LogP contribution is 2.17. The maximum Gasteiger partial charge on any atom is 0.303 e. The van der Waals surface area contributed by atoms with Crippen molar-refractivity contribution in [3.05, 3.63) is 42.2 Å². The lowest BCUT2D eigenvalue weighted by molar-refractivity contribution is -0.136. The molecule has 0 fully saturated rings. The summed E-state index contributed by atoms with van der Waals surface area (Å²) < 4.78 is 1.92. The average molecular weight is 230 g/mol. The van der Waals surface area contributed by atoms with Crippen LogP contribution in [-0.4, -0.2) is 20.6 Å². The van der Waals surface area contributed by atoms with Gasteiger partial charge in [0.1, 0.15) is 5.82 Å². The number of hydrogen-bond donors (Lipinski definition) is 1. The number of imidazole rings is 1. The van der Waals surface area contributed by atoms with Crippen molar-refractivity contribution in [2.75, 3.05) is 0 Å². The Morgan fingerprint density at radius 3 is 2.71 bits per heavy atom. The van der Waals surface area contributed by atoms with E-state index in [4.69, 9.17) is 5.11 Å². The SMILES string of the molecule is Cn1cc(CCC(=O)O)nc1-c1ccccc1. The van der Waals surface area contributed by atoms with E-state index >= 15 is 0 Å². The zero-order valence-electron chi connectivity index (χ0n) is 9.63. The molecule has 4 nitrogen and oxygen atoms in total. The molecule has 1 aromatic heterocycles. The van der Waals surface area contributed by atoms with Crippen LogP contribution in [0.2, 0.25) is 0 Å². The van der Waals surface area contributed by atoms with E-state index in [1.807, 2.05) is 48.1 Å². The molecule has 0 unspecified atom stereocenters. The van der Waals surface area contributed by atoms with Gasteiger partial charge < -0.3 is 9.67 Å². The Bertz CT molecular complexity index is 517. The molecule has 0 aliphatic carbocycles. The highest BCUT2D eigenvalue weighted by atomic mass is 16.4. The Balaban J connectivity index is 2.22. The maximum atomic E-state index is 10.5. The number of benzene rings is 1. The summed E-state index contributed by atoms with van der Waals surface area (Å²) in [7, 11) is 1.92. The predicted molar refractivity (Wildman–Crippen MR) is 64.6 cm³/mol. The number of aromatic nitrogens is 2. The van der Waals surface area contributed by atoms with Gasteiger partial charge in [0.2, 0.25) is 0 Å². The van der Waals surface area contributed by atoms with Gasteiger partial charge in [0, 0.05) is 25.2 Å². The minimum atomic E-state index is -0.795. The predicted octanol–water partition coefficient (Wildman–Crippen LogP) is 2.10. The number of carboxylic acids is 1. The molecule has 0 saturated carbocycles. The monoisotopic (exact) mass is 230 g/mol. The van der Waals surface area contributed by atoms with Crippen molar-refractivity contribution in [2.24, 2.45) is 7.05 Å². The number of nitrogens with zero attached hydrogens (tertiary/aromatic N) is 2. The standard InChI is InChI=1S/C13H14N2O2/c1-15-9-11(7-8-12(16)17)14-13(15)10-5-3-2-4-6-10/h2-6,9H,7-8H2,1H3,(H,16,17). The van der Waals surface area contributed by atoms with Gasteiger partial charge in [-0.3, -0.25) is 4.79 Å². The molecule has 4 heteroatoms. The van der Waals surface area contributed by atoms with Crippen LogP contribution < -0.4 is 0 Å². The minimum absolute atomic E-state index is 0.116. The summed E-state index contributed by atoms with van der Waals surface area (Å²) in [5, 5.41) is 8.63. The summed E-state index contributed by atoms with van der Waals surface area (Å²) in [4.78, 5) is 15.0. The topological polar surface area (TPSA) is 55.1 Å². The van der Waals surface area contributed by atoms with Crippen LogP contribution in [0.4, 0.5) is 0 Å². The van der Waals surface area contributed by atoms with Crippen LogP contribution in [0.1, 0.15) is 12.1 Å². The van der Waals surface area contributed by atoms with Crippen LogP contribution >= 0.6 is 0 Å². The van der Waals surface area contributed by atoms with E-state index < -0.39 is 5.97 Å². The number of hydrogen-bond acceptors (Lipinski definition) is 2. The number of aryl methyl sites for hydroxylation is 2. The normalized spacial score (nSPS) is 10.4. The molecule has 17 heavy (non-hydrogen) atoms. The molecule has 0 amide bonds. The summed E-state index contributed by atoms with van der Waals surface area (Å²) in [6.45, 7) is 0. The molecule has 2 rings (SSSR count). The molecule has 0 aliphatic heterocycles. The van der Waals surface area contributed by atoms with Crippen LogP contribution in [-0.2, 0) is 18.3 Å². The lowest BCUT2D eigenvalue weighted by Crippen LogP contribution is -1.97. The quantitative estimate of drug-likeness (QED) is 0.875. The van der Waals surface area contributed by atoms with Crippen LogP contribution in [0.25, 0.3) is 11.4 Å². The van der Waals surface area contributed by atoms with Gasteiger partial charge in [-0.25, -0.2) is 4.98 Å². The third kappa shape index (κ3) is 2.72. The highest BCUT2D eigenvalue weighted by Gasteiger charge is 2.08. The first-order valence-corrected chi connectivity index (χ1v) is 5.46. The molecule has 1 N–H and O–H groups in total. The van der Waals surface area contributed by atoms with E-state index in [1.54, 1.807) is 0 Å². The Morgan fingerprint density at radius 1 is 1.35 bits per heavy atom. The van der Waals surface area contributed by atoms with Crippen molar-refractivity contribution in [3.8, 4) is 11.4 Å². The molecular formula is C13H14N2O2. The summed E-state index contributed by atoms with van der Waals surface area (Å²) in [6.07, 6.45) is 2.46. The fraction of sp³-hybridized carbons (Fsp3) is 0.231. The second-order valence-corrected chi connectivity index (χ2v) is 3.93. The van der Waals surface area contributed by atoms with Crippen molar-refractivity contribution in [1.82, 2.24) is 9.55 Å². The van der Waals surface area contributed by atoms with Gasteiger partial charge in [-0.2, -0.15) is 0 Å². The van der Waals surface area contributed by atoms with Gasteiger partial charge in [-0.1, -0.05) is 30.3 Å². The smallest absolute Gasteiger partial charge is 0.303 e. The van der Waals surface area contributed by atoms with E-state index in [2.05, 4.69) is 4.98 Å². The first kappa shape index (κ1) is 11.4. The van der Waals surface area contributed by atoms with E-state index in [1.165, 1.54) is 0 Å². The van der Waals surface area contributed by atoms with Gasteiger partial charge >= 0.3 is 5.97 Å². The van der Waals surface area contributed by atoms with Gasteiger partial charge in [0.05, 0.1) is 12.1 Å². The Labute approximate surface area is 99.5 Å². The summed E-state index contributed by atoms with van der Waals surface area (Å²) in [5.41, 5.74) is 1.85. The maximum absolute atomic E-state index is 10.5. The van der Waals surface area contributed by atoms with E-state index in [9.17, 15) is 4.79 Å². The molecular weight excluding hydrogens is 216 g/mol. The Kier molecular flexibility index (Phi) is 3.23. The van der Waals surface area contributed by atoms with Crippen molar-refractivity contribution < 1.29 is 9.90 Å². The van der Waals surface area contributed by atoms with Crippen molar-refractivity contribution in [3.63, 3.8) is 0 Å².